The molecule has 2 aromatic rings. The SMILES string of the molecule is Cc1cc2cc(NC(=O)C3C(C4CCCCC4)CCN3C)ccc2o1. The van der Waals surface area contributed by atoms with Crippen LogP contribution in [0.5, 0.6) is 0 Å². The number of likely N-dealkylation sites (N-methyl/N-ethyl adjacent to an activating group) is 1. The Hall–Kier alpha value is -1.81. The summed E-state index contributed by atoms with van der Waals surface area (Å²) >= 11 is 0. The van der Waals surface area contributed by atoms with Crippen molar-refractivity contribution in [3.8, 4) is 0 Å². The van der Waals surface area contributed by atoms with Gasteiger partial charge in [-0.15, -0.1) is 0 Å². The molecular weight excluding hydrogens is 312 g/mol. The van der Waals surface area contributed by atoms with Gasteiger partial charge in [0.15, 0.2) is 0 Å². The number of fused-ring (bicyclic) bond motifs is 1. The fraction of sp³-hybridized carbons (Fsp3) is 0.571. The molecule has 4 nitrogen and oxygen atoms in total. The maximum absolute atomic E-state index is 13.0. The largest absolute Gasteiger partial charge is 0.461 e. The van der Waals surface area contributed by atoms with Crippen LogP contribution in [0.15, 0.2) is 28.7 Å². The molecule has 2 atom stereocenters. The minimum absolute atomic E-state index is 0.00452. The topological polar surface area (TPSA) is 45.5 Å². The van der Waals surface area contributed by atoms with E-state index in [0.29, 0.717) is 11.8 Å². The zero-order valence-corrected chi connectivity index (χ0v) is 15.3. The van der Waals surface area contributed by atoms with Gasteiger partial charge >= 0.3 is 0 Å². The number of benzene rings is 1. The van der Waals surface area contributed by atoms with E-state index < -0.39 is 0 Å². The third-order valence-electron chi connectivity index (χ3n) is 6.13. The summed E-state index contributed by atoms with van der Waals surface area (Å²) in [4.78, 5) is 15.3. The predicted molar refractivity (Wildman–Crippen MR) is 101 cm³/mol. The fourth-order valence-corrected chi connectivity index (χ4v) is 4.90. The van der Waals surface area contributed by atoms with E-state index in [1.165, 1.54) is 32.1 Å². The zero-order valence-electron chi connectivity index (χ0n) is 15.3. The molecule has 4 heteroatoms. The molecule has 0 radical (unpaired) electrons. The number of carbonyl (C=O) groups excluding carboxylic acids is 1. The first-order valence-corrected chi connectivity index (χ1v) is 9.63. The minimum Gasteiger partial charge on any atom is -0.461 e. The molecule has 1 aliphatic carbocycles. The summed E-state index contributed by atoms with van der Waals surface area (Å²) in [6, 6.07) is 7.90. The van der Waals surface area contributed by atoms with Crippen LogP contribution in [0.2, 0.25) is 0 Å². The first-order chi connectivity index (χ1) is 12.1. The normalized spacial score (nSPS) is 25.5. The highest BCUT2D eigenvalue weighted by atomic mass is 16.3. The monoisotopic (exact) mass is 340 g/mol. The van der Waals surface area contributed by atoms with Crippen molar-refractivity contribution in [2.45, 2.75) is 51.5 Å². The van der Waals surface area contributed by atoms with Crippen LogP contribution in [0.1, 0.15) is 44.3 Å². The van der Waals surface area contributed by atoms with E-state index in [9.17, 15) is 4.79 Å². The van der Waals surface area contributed by atoms with Crippen molar-refractivity contribution < 1.29 is 9.21 Å². The lowest BCUT2D eigenvalue weighted by Crippen LogP contribution is -2.43. The van der Waals surface area contributed by atoms with E-state index >= 15 is 0 Å². The summed E-state index contributed by atoms with van der Waals surface area (Å²) in [5.74, 6) is 2.26. The van der Waals surface area contributed by atoms with E-state index in [4.69, 9.17) is 4.42 Å². The summed E-state index contributed by atoms with van der Waals surface area (Å²) < 4.78 is 5.62. The second-order valence-corrected chi connectivity index (χ2v) is 7.87. The third-order valence-corrected chi connectivity index (χ3v) is 6.13. The lowest BCUT2D eigenvalue weighted by Gasteiger charge is -2.32. The van der Waals surface area contributed by atoms with Gasteiger partial charge in [-0.05, 0) is 63.0 Å². The maximum Gasteiger partial charge on any atom is 0.242 e. The predicted octanol–water partition coefficient (Wildman–Crippen LogP) is 4.58. The van der Waals surface area contributed by atoms with Crippen molar-refractivity contribution >= 4 is 22.6 Å². The second kappa shape index (κ2) is 6.83. The summed E-state index contributed by atoms with van der Waals surface area (Å²) in [7, 11) is 2.09. The number of hydrogen-bond donors (Lipinski definition) is 1. The molecule has 1 aromatic heterocycles. The van der Waals surface area contributed by atoms with Gasteiger partial charge in [0.1, 0.15) is 11.3 Å². The Bertz CT molecular complexity index is 760. The number of nitrogens with one attached hydrogen (secondary N) is 1. The average Bonchev–Trinajstić information content (AvgIpc) is 3.17. The Morgan fingerprint density at radius 1 is 1.16 bits per heavy atom. The molecule has 1 N–H and O–H groups in total. The van der Waals surface area contributed by atoms with Crippen LogP contribution in [0.25, 0.3) is 11.0 Å². The van der Waals surface area contributed by atoms with Crippen molar-refractivity contribution in [3.63, 3.8) is 0 Å². The minimum atomic E-state index is 0.00452. The van der Waals surface area contributed by atoms with Gasteiger partial charge in [-0.3, -0.25) is 9.69 Å². The molecule has 1 aromatic carbocycles. The smallest absolute Gasteiger partial charge is 0.242 e. The molecule has 25 heavy (non-hydrogen) atoms. The Morgan fingerprint density at radius 2 is 1.96 bits per heavy atom. The Balaban J connectivity index is 1.51. The van der Waals surface area contributed by atoms with Crippen LogP contribution in [0.3, 0.4) is 0 Å². The van der Waals surface area contributed by atoms with Gasteiger partial charge in [0.2, 0.25) is 5.91 Å². The van der Waals surface area contributed by atoms with Crippen molar-refractivity contribution in [1.82, 2.24) is 4.90 Å². The first kappa shape index (κ1) is 16.6. The molecule has 1 amide bonds. The highest BCUT2D eigenvalue weighted by Crippen LogP contribution is 2.38. The van der Waals surface area contributed by atoms with E-state index in [1.807, 2.05) is 31.2 Å². The van der Waals surface area contributed by atoms with Crippen LogP contribution < -0.4 is 5.32 Å². The Kier molecular flexibility index (Phi) is 4.55. The number of likely N-dealkylation sites (tertiary alicyclic amines) is 1. The first-order valence-electron chi connectivity index (χ1n) is 9.63. The number of aryl methyl sites for hydroxylation is 1. The summed E-state index contributed by atoms with van der Waals surface area (Å²) in [6.07, 6.45) is 7.76. The van der Waals surface area contributed by atoms with Gasteiger partial charge in [-0.1, -0.05) is 32.1 Å². The number of nitrogens with zero attached hydrogens (tertiary/aromatic N) is 1. The van der Waals surface area contributed by atoms with Crippen LogP contribution >= 0.6 is 0 Å². The van der Waals surface area contributed by atoms with Gasteiger partial charge in [-0.2, -0.15) is 0 Å². The molecule has 2 fully saturated rings. The highest BCUT2D eigenvalue weighted by Gasteiger charge is 2.41. The average molecular weight is 340 g/mol. The molecule has 1 aliphatic heterocycles. The van der Waals surface area contributed by atoms with Crippen LogP contribution in [-0.2, 0) is 4.79 Å². The lowest BCUT2D eigenvalue weighted by molar-refractivity contribution is -0.121. The van der Waals surface area contributed by atoms with E-state index in [0.717, 1.165) is 35.4 Å². The molecule has 134 valence electrons. The molecule has 2 unspecified atom stereocenters. The van der Waals surface area contributed by atoms with Gasteiger partial charge < -0.3 is 9.73 Å². The highest BCUT2D eigenvalue weighted by molar-refractivity contribution is 5.97. The summed E-state index contributed by atoms with van der Waals surface area (Å²) in [5.41, 5.74) is 1.73. The Labute approximate surface area is 149 Å². The summed E-state index contributed by atoms with van der Waals surface area (Å²) in [5, 5.41) is 4.20. The molecule has 1 saturated heterocycles. The van der Waals surface area contributed by atoms with E-state index in [1.54, 1.807) is 0 Å². The van der Waals surface area contributed by atoms with E-state index in [-0.39, 0.29) is 11.9 Å². The van der Waals surface area contributed by atoms with E-state index in [2.05, 4.69) is 17.3 Å². The molecular formula is C21H28N2O2. The molecule has 0 bridgehead atoms. The second-order valence-electron chi connectivity index (χ2n) is 7.87. The maximum atomic E-state index is 13.0. The number of furan rings is 1. The van der Waals surface area contributed by atoms with Crippen molar-refractivity contribution in [1.29, 1.82) is 0 Å². The molecule has 1 saturated carbocycles. The van der Waals surface area contributed by atoms with Crippen molar-refractivity contribution in [3.05, 3.63) is 30.0 Å². The number of amides is 1. The standard InChI is InChI=1S/C21H28N2O2/c1-14-12-16-13-17(8-9-19(16)25-14)22-21(24)20-18(10-11-23(20)2)15-6-4-3-5-7-15/h8-9,12-13,15,18,20H,3-7,10-11H2,1-2H3,(H,22,24). The van der Waals surface area contributed by atoms with Crippen LogP contribution in [0, 0.1) is 18.8 Å². The number of anilines is 1. The fourth-order valence-electron chi connectivity index (χ4n) is 4.90. The molecule has 2 aliphatic rings. The van der Waals surface area contributed by atoms with Crippen molar-refractivity contribution in [2.24, 2.45) is 11.8 Å². The van der Waals surface area contributed by atoms with Gasteiger partial charge in [0, 0.05) is 11.1 Å². The third kappa shape index (κ3) is 3.32. The summed E-state index contributed by atoms with van der Waals surface area (Å²) in [6.45, 7) is 2.97. The molecule has 4 rings (SSSR count). The van der Waals surface area contributed by atoms with Gasteiger partial charge in [-0.25, -0.2) is 0 Å². The van der Waals surface area contributed by atoms with Crippen LogP contribution in [0.4, 0.5) is 5.69 Å². The number of hydrogen-bond acceptors (Lipinski definition) is 3. The molecule has 2 heterocycles. The number of carbonyl (C=O) groups is 1. The van der Waals surface area contributed by atoms with Crippen LogP contribution in [-0.4, -0.2) is 30.4 Å². The quantitative estimate of drug-likeness (QED) is 0.889. The molecule has 0 spiro atoms. The lowest BCUT2D eigenvalue weighted by atomic mass is 9.76. The van der Waals surface area contributed by atoms with Gasteiger partial charge in [0.25, 0.3) is 0 Å². The zero-order chi connectivity index (χ0) is 17.4. The van der Waals surface area contributed by atoms with Crippen molar-refractivity contribution in [2.75, 3.05) is 18.9 Å². The Morgan fingerprint density at radius 3 is 2.76 bits per heavy atom. The van der Waals surface area contributed by atoms with Gasteiger partial charge in [0.05, 0.1) is 6.04 Å². The number of rotatable bonds is 3.